The lowest BCUT2D eigenvalue weighted by Crippen LogP contribution is -2.49. The Balaban J connectivity index is 1.22. The molecular formula is C24H26F3N5O. The van der Waals surface area contributed by atoms with Gasteiger partial charge in [-0.3, -0.25) is 14.6 Å². The Morgan fingerprint density at radius 1 is 0.939 bits per heavy atom. The number of carbonyl (C=O) groups is 1. The number of halogens is 3. The lowest BCUT2D eigenvalue weighted by atomic mass is 10.2. The van der Waals surface area contributed by atoms with Crippen LogP contribution in [-0.4, -0.2) is 64.5 Å². The summed E-state index contributed by atoms with van der Waals surface area (Å²) in [4.78, 5) is 21.2. The van der Waals surface area contributed by atoms with Gasteiger partial charge in [0.05, 0.1) is 12.1 Å². The maximum atomic E-state index is 12.8. The Morgan fingerprint density at radius 2 is 1.67 bits per heavy atom. The minimum absolute atomic E-state index is 0.156. The van der Waals surface area contributed by atoms with Gasteiger partial charge in [-0.05, 0) is 18.2 Å². The number of aromatic nitrogens is 2. The van der Waals surface area contributed by atoms with E-state index in [0.717, 1.165) is 62.8 Å². The summed E-state index contributed by atoms with van der Waals surface area (Å²) in [6.45, 7) is 4.96. The molecule has 6 nitrogen and oxygen atoms in total. The van der Waals surface area contributed by atoms with E-state index in [1.165, 1.54) is 12.1 Å². The lowest BCUT2D eigenvalue weighted by Gasteiger charge is -2.34. The molecule has 0 radical (unpaired) electrons. The van der Waals surface area contributed by atoms with Gasteiger partial charge in [0.1, 0.15) is 5.82 Å². The smallest absolute Gasteiger partial charge is 0.330 e. The zero-order chi connectivity index (χ0) is 23.3. The van der Waals surface area contributed by atoms with Crippen LogP contribution in [0.5, 0.6) is 0 Å². The third-order valence-electron chi connectivity index (χ3n) is 5.71. The van der Waals surface area contributed by atoms with Crippen molar-refractivity contribution in [3.8, 4) is 11.4 Å². The average molecular weight is 458 g/mol. The van der Waals surface area contributed by atoms with Gasteiger partial charge < -0.3 is 9.88 Å². The third-order valence-corrected chi connectivity index (χ3v) is 5.71. The molecule has 0 atom stereocenters. The van der Waals surface area contributed by atoms with Gasteiger partial charge in [0.15, 0.2) is 0 Å². The van der Waals surface area contributed by atoms with E-state index in [2.05, 4.69) is 19.8 Å². The van der Waals surface area contributed by atoms with Crippen LogP contribution in [0.4, 0.5) is 18.9 Å². The number of imidazole rings is 1. The van der Waals surface area contributed by atoms with E-state index in [1.54, 1.807) is 0 Å². The van der Waals surface area contributed by atoms with Gasteiger partial charge in [0.2, 0.25) is 5.91 Å². The quantitative estimate of drug-likeness (QED) is 0.586. The Labute approximate surface area is 190 Å². The predicted molar refractivity (Wildman–Crippen MR) is 121 cm³/mol. The second kappa shape index (κ2) is 10.2. The van der Waals surface area contributed by atoms with Crippen molar-refractivity contribution in [2.24, 2.45) is 0 Å². The number of amides is 1. The fourth-order valence-electron chi connectivity index (χ4n) is 3.93. The van der Waals surface area contributed by atoms with Gasteiger partial charge in [0.25, 0.3) is 0 Å². The standard InChI is InChI=1S/C24H26F3N5O/c25-24(26,27)20-7-4-8-21(17-20)29-22(33)18-31-13-11-30(12-14-31)15-16-32-10-9-28-23(32)19-5-2-1-3-6-19/h1-10,17H,11-16,18H2,(H,29,33). The van der Waals surface area contributed by atoms with Gasteiger partial charge in [-0.2, -0.15) is 13.2 Å². The van der Waals surface area contributed by atoms with Gasteiger partial charge >= 0.3 is 6.18 Å². The number of rotatable bonds is 7. The first-order chi connectivity index (χ1) is 15.9. The molecule has 4 rings (SSSR count). The predicted octanol–water partition coefficient (Wildman–Crippen LogP) is 3.83. The molecule has 1 aromatic heterocycles. The van der Waals surface area contributed by atoms with Gasteiger partial charge in [-0.25, -0.2) is 4.98 Å². The van der Waals surface area contributed by atoms with Crippen LogP contribution in [0.25, 0.3) is 11.4 Å². The largest absolute Gasteiger partial charge is 0.416 e. The number of alkyl halides is 3. The van der Waals surface area contributed by atoms with E-state index < -0.39 is 11.7 Å². The number of hydrogen-bond donors (Lipinski definition) is 1. The van der Waals surface area contributed by atoms with Crippen LogP contribution in [0.2, 0.25) is 0 Å². The van der Waals surface area contributed by atoms with Crippen LogP contribution in [0.3, 0.4) is 0 Å². The van der Waals surface area contributed by atoms with Crippen molar-refractivity contribution in [1.82, 2.24) is 19.4 Å². The maximum Gasteiger partial charge on any atom is 0.416 e. The highest BCUT2D eigenvalue weighted by Gasteiger charge is 2.30. The number of piperazine rings is 1. The van der Waals surface area contributed by atoms with Gasteiger partial charge in [-0.15, -0.1) is 0 Å². The van der Waals surface area contributed by atoms with Crippen LogP contribution in [0.1, 0.15) is 5.56 Å². The first kappa shape index (κ1) is 23.0. The first-order valence-electron chi connectivity index (χ1n) is 10.9. The first-order valence-corrected chi connectivity index (χ1v) is 10.9. The van der Waals surface area contributed by atoms with E-state index in [9.17, 15) is 18.0 Å². The third kappa shape index (κ3) is 6.21. The summed E-state index contributed by atoms with van der Waals surface area (Å²) in [7, 11) is 0. The summed E-state index contributed by atoms with van der Waals surface area (Å²) < 4.78 is 40.7. The Morgan fingerprint density at radius 3 is 2.39 bits per heavy atom. The van der Waals surface area contributed by atoms with E-state index in [1.807, 2.05) is 47.6 Å². The molecule has 9 heteroatoms. The van der Waals surface area contributed by atoms with E-state index in [0.29, 0.717) is 0 Å². The number of hydrogen-bond acceptors (Lipinski definition) is 4. The molecule has 0 saturated carbocycles. The van der Waals surface area contributed by atoms with Crippen molar-refractivity contribution in [3.63, 3.8) is 0 Å². The summed E-state index contributed by atoms with van der Waals surface area (Å²) in [5.74, 6) is 0.634. The van der Waals surface area contributed by atoms with Crippen LogP contribution >= 0.6 is 0 Å². The molecule has 1 amide bonds. The Bertz CT molecular complexity index is 1060. The molecule has 0 spiro atoms. The van der Waals surface area contributed by atoms with Crippen LogP contribution in [0.15, 0.2) is 67.0 Å². The van der Waals surface area contributed by atoms with E-state index >= 15 is 0 Å². The van der Waals surface area contributed by atoms with Crippen molar-refractivity contribution >= 4 is 11.6 Å². The fraction of sp³-hybridized carbons (Fsp3) is 0.333. The normalized spacial score (nSPS) is 15.5. The Kier molecular flexibility index (Phi) is 7.10. The second-order valence-electron chi connectivity index (χ2n) is 8.05. The number of nitrogens with zero attached hydrogens (tertiary/aromatic N) is 4. The lowest BCUT2D eigenvalue weighted by molar-refractivity contribution is -0.137. The average Bonchev–Trinajstić information content (AvgIpc) is 3.27. The van der Waals surface area contributed by atoms with Crippen LogP contribution in [-0.2, 0) is 17.5 Å². The highest BCUT2D eigenvalue weighted by molar-refractivity contribution is 5.92. The van der Waals surface area contributed by atoms with Crippen LogP contribution < -0.4 is 5.32 Å². The minimum atomic E-state index is -4.43. The SMILES string of the molecule is O=C(CN1CCN(CCn2ccnc2-c2ccccc2)CC1)Nc1cccc(C(F)(F)F)c1. The molecule has 0 bridgehead atoms. The highest BCUT2D eigenvalue weighted by Crippen LogP contribution is 2.30. The number of carbonyl (C=O) groups excluding carboxylic acids is 1. The zero-order valence-electron chi connectivity index (χ0n) is 18.1. The molecule has 2 aromatic carbocycles. The molecule has 1 saturated heterocycles. The summed E-state index contributed by atoms with van der Waals surface area (Å²) >= 11 is 0. The highest BCUT2D eigenvalue weighted by atomic mass is 19.4. The topological polar surface area (TPSA) is 53.4 Å². The summed E-state index contributed by atoms with van der Waals surface area (Å²) in [6, 6.07) is 14.8. The van der Waals surface area contributed by atoms with Crippen molar-refractivity contribution < 1.29 is 18.0 Å². The molecule has 0 aliphatic carbocycles. The van der Waals surface area contributed by atoms with Crippen LogP contribution in [0, 0.1) is 0 Å². The molecule has 33 heavy (non-hydrogen) atoms. The molecule has 1 aliphatic rings. The maximum absolute atomic E-state index is 12.8. The summed E-state index contributed by atoms with van der Waals surface area (Å²) in [5, 5.41) is 2.57. The van der Waals surface area contributed by atoms with E-state index in [4.69, 9.17) is 0 Å². The Hall–Kier alpha value is -3.17. The molecule has 2 heterocycles. The molecule has 0 unspecified atom stereocenters. The van der Waals surface area contributed by atoms with E-state index in [-0.39, 0.29) is 18.1 Å². The zero-order valence-corrected chi connectivity index (χ0v) is 18.1. The monoisotopic (exact) mass is 457 g/mol. The molecular weight excluding hydrogens is 431 g/mol. The van der Waals surface area contributed by atoms with Gasteiger partial charge in [0, 0.05) is 62.9 Å². The molecule has 1 fully saturated rings. The fourth-order valence-corrected chi connectivity index (χ4v) is 3.93. The van der Waals surface area contributed by atoms with Gasteiger partial charge in [-0.1, -0.05) is 36.4 Å². The molecule has 1 aliphatic heterocycles. The minimum Gasteiger partial charge on any atom is -0.330 e. The van der Waals surface area contributed by atoms with Crippen molar-refractivity contribution in [3.05, 3.63) is 72.6 Å². The number of nitrogens with one attached hydrogen (secondary N) is 1. The second-order valence-corrected chi connectivity index (χ2v) is 8.05. The molecule has 1 N–H and O–H groups in total. The van der Waals surface area contributed by atoms with Crippen molar-refractivity contribution in [2.45, 2.75) is 12.7 Å². The summed E-state index contributed by atoms with van der Waals surface area (Å²) in [6.07, 6.45) is -0.643. The number of benzene rings is 2. The number of anilines is 1. The van der Waals surface area contributed by atoms with Crippen molar-refractivity contribution in [2.75, 3.05) is 44.6 Å². The van der Waals surface area contributed by atoms with Crippen molar-refractivity contribution in [1.29, 1.82) is 0 Å². The summed E-state index contributed by atoms with van der Waals surface area (Å²) in [5.41, 5.74) is 0.462. The molecule has 3 aromatic rings. The molecule has 174 valence electrons.